The van der Waals surface area contributed by atoms with Crippen LogP contribution in [-0.2, 0) is 11.3 Å². The standard InChI is InChI=1S/C14H19N3O2/c1-9(2)15-14-16-11-8-10(3)4-5-12(11)17(14)7-6-13(18)19/h4-5,8-9H,6-7H2,1-3H3,(H,15,16)(H,18,19). The van der Waals surface area contributed by atoms with Crippen molar-refractivity contribution in [2.45, 2.75) is 39.8 Å². The van der Waals surface area contributed by atoms with Crippen molar-refractivity contribution in [1.29, 1.82) is 0 Å². The molecule has 0 atom stereocenters. The van der Waals surface area contributed by atoms with Crippen molar-refractivity contribution >= 4 is 23.0 Å². The van der Waals surface area contributed by atoms with Crippen molar-refractivity contribution < 1.29 is 9.90 Å². The van der Waals surface area contributed by atoms with E-state index in [0.29, 0.717) is 6.54 Å². The minimum absolute atomic E-state index is 0.0894. The zero-order valence-electron chi connectivity index (χ0n) is 11.5. The Balaban J connectivity index is 2.45. The lowest BCUT2D eigenvalue weighted by molar-refractivity contribution is -0.137. The van der Waals surface area contributed by atoms with E-state index in [0.717, 1.165) is 22.5 Å². The number of carboxylic acids is 1. The topological polar surface area (TPSA) is 67.2 Å². The molecule has 1 aromatic heterocycles. The van der Waals surface area contributed by atoms with E-state index in [1.165, 1.54) is 0 Å². The average molecular weight is 261 g/mol. The molecule has 5 nitrogen and oxygen atoms in total. The first-order valence-electron chi connectivity index (χ1n) is 6.42. The number of nitrogens with zero attached hydrogens (tertiary/aromatic N) is 2. The predicted octanol–water partition coefficient (Wildman–Crippen LogP) is 2.64. The molecule has 1 aromatic carbocycles. The molecule has 2 aromatic rings. The molecule has 5 heteroatoms. The molecule has 0 radical (unpaired) electrons. The first-order valence-corrected chi connectivity index (χ1v) is 6.42. The second-order valence-electron chi connectivity index (χ2n) is 5.02. The number of aromatic nitrogens is 2. The SMILES string of the molecule is Cc1ccc2c(c1)nc(NC(C)C)n2CCC(=O)O. The fourth-order valence-electron chi connectivity index (χ4n) is 2.04. The quantitative estimate of drug-likeness (QED) is 0.868. The van der Waals surface area contributed by atoms with Crippen LogP contribution < -0.4 is 5.32 Å². The minimum Gasteiger partial charge on any atom is -0.481 e. The van der Waals surface area contributed by atoms with Crippen LogP contribution in [0.3, 0.4) is 0 Å². The first-order chi connectivity index (χ1) is 8.97. The molecule has 0 aliphatic heterocycles. The van der Waals surface area contributed by atoms with Gasteiger partial charge in [-0.05, 0) is 38.5 Å². The Morgan fingerprint density at radius 3 is 2.84 bits per heavy atom. The highest BCUT2D eigenvalue weighted by atomic mass is 16.4. The zero-order valence-corrected chi connectivity index (χ0v) is 11.5. The number of carboxylic acid groups (broad SMARTS) is 1. The third kappa shape index (κ3) is 3.05. The number of anilines is 1. The molecule has 19 heavy (non-hydrogen) atoms. The summed E-state index contributed by atoms with van der Waals surface area (Å²) in [7, 11) is 0. The largest absolute Gasteiger partial charge is 0.481 e. The van der Waals surface area contributed by atoms with E-state index in [1.807, 2.05) is 43.5 Å². The fraction of sp³-hybridized carbons (Fsp3) is 0.429. The number of hydrogen-bond acceptors (Lipinski definition) is 3. The molecule has 0 spiro atoms. The Labute approximate surface area is 112 Å². The summed E-state index contributed by atoms with van der Waals surface area (Å²) in [5.41, 5.74) is 3.01. The minimum atomic E-state index is -0.801. The van der Waals surface area contributed by atoms with Gasteiger partial charge in [0.2, 0.25) is 5.95 Å². The average Bonchev–Trinajstić information content (AvgIpc) is 2.61. The summed E-state index contributed by atoms with van der Waals surface area (Å²) in [4.78, 5) is 15.3. The van der Waals surface area contributed by atoms with Crippen LogP contribution in [0.2, 0.25) is 0 Å². The van der Waals surface area contributed by atoms with Crippen molar-refractivity contribution in [3.63, 3.8) is 0 Å². The van der Waals surface area contributed by atoms with E-state index in [4.69, 9.17) is 5.11 Å². The van der Waals surface area contributed by atoms with Gasteiger partial charge in [0.25, 0.3) is 0 Å². The molecule has 0 aliphatic rings. The highest BCUT2D eigenvalue weighted by Crippen LogP contribution is 2.22. The maximum Gasteiger partial charge on any atom is 0.305 e. The van der Waals surface area contributed by atoms with Crippen LogP contribution in [0.15, 0.2) is 18.2 Å². The van der Waals surface area contributed by atoms with Gasteiger partial charge in [-0.3, -0.25) is 4.79 Å². The number of rotatable bonds is 5. The Kier molecular flexibility index (Phi) is 3.74. The van der Waals surface area contributed by atoms with Crippen LogP contribution in [0, 0.1) is 6.92 Å². The van der Waals surface area contributed by atoms with Gasteiger partial charge in [0.1, 0.15) is 0 Å². The van der Waals surface area contributed by atoms with E-state index in [-0.39, 0.29) is 12.5 Å². The molecule has 1 heterocycles. The second kappa shape index (κ2) is 5.30. The molecule has 0 fully saturated rings. The summed E-state index contributed by atoms with van der Waals surface area (Å²) in [6, 6.07) is 6.27. The summed E-state index contributed by atoms with van der Waals surface area (Å²) in [5, 5.41) is 12.1. The molecular weight excluding hydrogens is 242 g/mol. The molecule has 2 rings (SSSR count). The monoisotopic (exact) mass is 261 g/mol. The number of benzene rings is 1. The summed E-state index contributed by atoms with van der Waals surface area (Å²) < 4.78 is 1.93. The third-order valence-electron chi connectivity index (χ3n) is 2.87. The number of nitrogens with one attached hydrogen (secondary N) is 1. The van der Waals surface area contributed by atoms with Crippen LogP contribution in [0.4, 0.5) is 5.95 Å². The third-order valence-corrected chi connectivity index (χ3v) is 2.87. The van der Waals surface area contributed by atoms with Crippen molar-refractivity contribution in [3.05, 3.63) is 23.8 Å². The Morgan fingerprint density at radius 1 is 1.47 bits per heavy atom. The normalized spacial score (nSPS) is 11.2. The van der Waals surface area contributed by atoms with Gasteiger partial charge in [0.15, 0.2) is 0 Å². The number of fused-ring (bicyclic) bond motifs is 1. The van der Waals surface area contributed by atoms with Gasteiger partial charge in [-0.25, -0.2) is 4.98 Å². The molecule has 0 saturated heterocycles. The highest BCUT2D eigenvalue weighted by Gasteiger charge is 2.12. The Hall–Kier alpha value is -2.04. The zero-order chi connectivity index (χ0) is 14.0. The molecule has 2 N–H and O–H groups in total. The number of aryl methyl sites for hydroxylation is 2. The highest BCUT2D eigenvalue weighted by molar-refractivity contribution is 5.79. The fourth-order valence-corrected chi connectivity index (χ4v) is 2.04. The van der Waals surface area contributed by atoms with Crippen molar-refractivity contribution in [2.75, 3.05) is 5.32 Å². The molecular formula is C14H19N3O2. The van der Waals surface area contributed by atoms with E-state index in [2.05, 4.69) is 10.3 Å². The molecule has 0 unspecified atom stereocenters. The second-order valence-corrected chi connectivity index (χ2v) is 5.02. The van der Waals surface area contributed by atoms with Gasteiger partial charge in [0, 0.05) is 12.6 Å². The number of carbonyl (C=O) groups is 1. The maximum absolute atomic E-state index is 10.8. The van der Waals surface area contributed by atoms with Crippen molar-refractivity contribution in [2.24, 2.45) is 0 Å². The predicted molar refractivity (Wildman–Crippen MR) is 75.5 cm³/mol. The maximum atomic E-state index is 10.8. The van der Waals surface area contributed by atoms with Gasteiger partial charge in [-0.15, -0.1) is 0 Å². The van der Waals surface area contributed by atoms with Crippen LogP contribution in [0.1, 0.15) is 25.8 Å². The van der Waals surface area contributed by atoms with E-state index in [9.17, 15) is 4.79 Å². The number of imidazole rings is 1. The molecule has 102 valence electrons. The molecule has 0 saturated carbocycles. The molecule has 0 amide bonds. The Bertz CT molecular complexity index is 602. The Morgan fingerprint density at radius 2 is 2.21 bits per heavy atom. The summed E-state index contributed by atoms with van der Waals surface area (Å²) in [6.07, 6.45) is 0.0894. The van der Waals surface area contributed by atoms with Crippen molar-refractivity contribution in [3.8, 4) is 0 Å². The lowest BCUT2D eigenvalue weighted by Crippen LogP contribution is -2.15. The molecule has 0 bridgehead atoms. The smallest absolute Gasteiger partial charge is 0.305 e. The van der Waals surface area contributed by atoms with Gasteiger partial charge >= 0.3 is 5.97 Å². The van der Waals surface area contributed by atoms with Gasteiger partial charge in [-0.1, -0.05) is 6.07 Å². The first kappa shape index (κ1) is 13.4. The lowest BCUT2D eigenvalue weighted by atomic mass is 10.2. The summed E-state index contributed by atoms with van der Waals surface area (Å²) in [5.74, 6) is -0.0682. The van der Waals surface area contributed by atoms with Gasteiger partial charge < -0.3 is 15.0 Å². The number of aliphatic carboxylic acids is 1. The summed E-state index contributed by atoms with van der Waals surface area (Å²) in [6.45, 7) is 6.51. The van der Waals surface area contributed by atoms with Gasteiger partial charge in [-0.2, -0.15) is 0 Å². The van der Waals surface area contributed by atoms with Crippen molar-refractivity contribution in [1.82, 2.24) is 9.55 Å². The molecule has 0 aliphatic carbocycles. The van der Waals surface area contributed by atoms with E-state index < -0.39 is 5.97 Å². The van der Waals surface area contributed by atoms with E-state index >= 15 is 0 Å². The summed E-state index contributed by atoms with van der Waals surface area (Å²) >= 11 is 0. The van der Waals surface area contributed by atoms with Crippen LogP contribution in [-0.4, -0.2) is 26.7 Å². The van der Waals surface area contributed by atoms with E-state index in [1.54, 1.807) is 0 Å². The van der Waals surface area contributed by atoms with Crippen LogP contribution in [0.5, 0.6) is 0 Å². The van der Waals surface area contributed by atoms with Crippen LogP contribution in [0.25, 0.3) is 11.0 Å². The van der Waals surface area contributed by atoms with Gasteiger partial charge in [0.05, 0.1) is 17.5 Å². The number of hydrogen-bond donors (Lipinski definition) is 2. The van der Waals surface area contributed by atoms with Crippen LogP contribution >= 0.6 is 0 Å². The lowest BCUT2D eigenvalue weighted by Gasteiger charge is -2.12.